The van der Waals surface area contributed by atoms with Crippen LogP contribution >= 0.6 is 11.6 Å². The lowest BCUT2D eigenvalue weighted by Gasteiger charge is -2.50. The topological polar surface area (TPSA) is 112 Å². The number of halogens is 1. The molecule has 5 aromatic carbocycles. The number of anilines is 2. The number of phenols is 1. The van der Waals surface area contributed by atoms with Gasteiger partial charge in [-0.15, -0.1) is 0 Å². The van der Waals surface area contributed by atoms with Gasteiger partial charge in [0, 0.05) is 22.1 Å². The standard InChI is InChI=1S/C46H35ClN2O6/c1-26-23-29(17-22-38(26)50)40-34-20-21-35-39(44(54)48(42(35)52)32-18-15-28(16-19-32)41(51)27-9-4-2-5-10-27)36(34)25-37-43(53)49(33-14-8-13-31(47)24-33)45(55)46(37,40)30-11-6-3-7-12-30/h2-20,22-24,35-37,39-40,50H,21,25H2,1H3. The molecular weight excluding hydrogens is 712 g/mol. The Labute approximate surface area is 322 Å². The molecule has 6 atom stereocenters. The molecule has 9 heteroatoms. The van der Waals surface area contributed by atoms with E-state index in [1.54, 1.807) is 91.9 Å². The lowest BCUT2D eigenvalue weighted by Crippen LogP contribution is -2.53. The third kappa shape index (κ3) is 5.15. The van der Waals surface area contributed by atoms with E-state index in [2.05, 4.69) is 0 Å². The molecule has 8 nitrogen and oxygen atoms in total. The fourth-order valence-electron chi connectivity index (χ4n) is 9.75. The van der Waals surface area contributed by atoms with Gasteiger partial charge in [-0.1, -0.05) is 102 Å². The fourth-order valence-corrected chi connectivity index (χ4v) is 9.93. The summed E-state index contributed by atoms with van der Waals surface area (Å²) in [6.45, 7) is 1.78. The molecule has 2 aliphatic heterocycles. The first-order valence-corrected chi connectivity index (χ1v) is 18.8. The van der Waals surface area contributed by atoms with Gasteiger partial charge in [-0.25, -0.2) is 4.90 Å². The summed E-state index contributed by atoms with van der Waals surface area (Å²) in [6.07, 6.45) is 2.44. The highest BCUT2D eigenvalue weighted by atomic mass is 35.5. The highest BCUT2D eigenvalue weighted by molar-refractivity contribution is 6.32. The first kappa shape index (κ1) is 34.6. The molecule has 6 unspecified atom stereocenters. The van der Waals surface area contributed by atoms with Crippen LogP contribution in [0, 0.1) is 30.6 Å². The Morgan fingerprint density at radius 3 is 2.09 bits per heavy atom. The van der Waals surface area contributed by atoms with Crippen molar-refractivity contribution in [1.82, 2.24) is 0 Å². The number of hydrogen-bond donors (Lipinski definition) is 1. The summed E-state index contributed by atoms with van der Waals surface area (Å²) in [4.78, 5) is 74.8. The van der Waals surface area contributed by atoms with Crippen molar-refractivity contribution < 1.29 is 29.1 Å². The minimum atomic E-state index is -1.41. The van der Waals surface area contributed by atoms with E-state index >= 15 is 4.79 Å². The van der Waals surface area contributed by atoms with Crippen LogP contribution in [0.5, 0.6) is 5.75 Å². The average molecular weight is 747 g/mol. The molecule has 1 N–H and O–H groups in total. The van der Waals surface area contributed by atoms with Crippen LogP contribution in [-0.4, -0.2) is 34.5 Å². The van der Waals surface area contributed by atoms with Crippen LogP contribution in [0.2, 0.25) is 5.02 Å². The summed E-state index contributed by atoms with van der Waals surface area (Å²) < 4.78 is 0. The Balaban J connectivity index is 1.17. The number of benzene rings is 5. The van der Waals surface area contributed by atoms with E-state index in [1.807, 2.05) is 48.5 Å². The van der Waals surface area contributed by atoms with Gasteiger partial charge in [-0.2, -0.15) is 0 Å². The average Bonchev–Trinajstić information content (AvgIpc) is 3.60. The summed E-state index contributed by atoms with van der Waals surface area (Å²) in [5.41, 5.74) is 3.10. The predicted octanol–water partition coefficient (Wildman–Crippen LogP) is 7.95. The van der Waals surface area contributed by atoms with E-state index in [0.717, 1.165) is 11.1 Å². The van der Waals surface area contributed by atoms with Crippen molar-refractivity contribution in [2.75, 3.05) is 9.80 Å². The van der Waals surface area contributed by atoms with E-state index in [1.165, 1.54) is 9.80 Å². The Morgan fingerprint density at radius 2 is 1.40 bits per heavy atom. The summed E-state index contributed by atoms with van der Waals surface area (Å²) in [6, 6.07) is 36.6. The molecule has 4 aliphatic rings. The van der Waals surface area contributed by atoms with E-state index in [9.17, 15) is 24.3 Å². The molecule has 3 fully saturated rings. The molecule has 0 radical (unpaired) electrons. The molecule has 2 saturated heterocycles. The molecule has 0 bridgehead atoms. The zero-order valence-corrected chi connectivity index (χ0v) is 30.5. The van der Waals surface area contributed by atoms with Crippen molar-refractivity contribution in [3.8, 4) is 5.75 Å². The van der Waals surface area contributed by atoms with Gasteiger partial charge in [0.05, 0.1) is 34.5 Å². The van der Waals surface area contributed by atoms with Crippen molar-refractivity contribution in [3.63, 3.8) is 0 Å². The largest absolute Gasteiger partial charge is 0.508 e. The number of carbonyl (C=O) groups excluding carboxylic acids is 5. The predicted molar refractivity (Wildman–Crippen MR) is 208 cm³/mol. The maximum Gasteiger partial charge on any atom is 0.246 e. The van der Waals surface area contributed by atoms with Gasteiger partial charge in [0.15, 0.2) is 5.78 Å². The number of amides is 4. The van der Waals surface area contributed by atoms with Crippen molar-refractivity contribution in [3.05, 3.63) is 172 Å². The van der Waals surface area contributed by atoms with Crippen LogP contribution in [0.4, 0.5) is 11.4 Å². The molecule has 2 heterocycles. The first-order valence-electron chi connectivity index (χ1n) is 18.4. The van der Waals surface area contributed by atoms with Crippen LogP contribution in [0.3, 0.4) is 0 Å². The normalized spacial score (nSPS) is 25.7. The molecule has 5 aromatic rings. The molecule has 4 amide bonds. The summed E-state index contributed by atoms with van der Waals surface area (Å²) >= 11 is 6.41. The van der Waals surface area contributed by atoms with Crippen LogP contribution < -0.4 is 9.80 Å². The highest BCUT2D eigenvalue weighted by Crippen LogP contribution is 2.64. The first-order chi connectivity index (χ1) is 26.6. The van der Waals surface area contributed by atoms with E-state index in [-0.39, 0.29) is 36.2 Å². The number of rotatable bonds is 6. The number of nitrogens with zero attached hydrogens (tertiary/aromatic N) is 2. The van der Waals surface area contributed by atoms with Crippen LogP contribution in [0.15, 0.2) is 139 Å². The summed E-state index contributed by atoms with van der Waals surface area (Å²) in [5.74, 6) is -5.18. The van der Waals surface area contributed by atoms with Crippen molar-refractivity contribution in [2.24, 2.45) is 23.7 Å². The minimum absolute atomic E-state index is 0.0946. The SMILES string of the molecule is Cc1cc(C2C3=CCC4C(=O)N(c5ccc(C(=O)c6ccccc6)cc5)C(=O)C4C3CC3C(=O)N(c4cccc(Cl)c4)C(=O)C32c2ccccc2)ccc1O. The molecule has 2 aliphatic carbocycles. The lowest BCUT2D eigenvalue weighted by atomic mass is 9.49. The number of phenolic OH excluding ortho intramolecular Hbond substituents is 1. The second-order valence-electron chi connectivity index (χ2n) is 14.9. The Bertz CT molecular complexity index is 2460. The zero-order valence-electron chi connectivity index (χ0n) is 29.8. The number of aryl methyl sites for hydroxylation is 1. The number of imide groups is 2. The molecule has 0 spiro atoms. The molecule has 9 rings (SSSR count). The van der Waals surface area contributed by atoms with Gasteiger partial charge in [-0.3, -0.25) is 28.9 Å². The second kappa shape index (κ2) is 13.0. The Hall–Kier alpha value is -6.12. The molecule has 1 saturated carbocycles. The van der Waals surface area contributed by atoms with Gasteiger partial charge in [0.2, 0.25) is 23.6 Å². The number of aromatic hydroxyl groups is 1. The number of allylic oxidation sites excluding steroid dienone is 2. The highest BCUT2D eigenvalue weighted by Gasteiger charge is 2.70. The summed E-state index contributed by atoms with van der Waals surface area (Å²) in [5, 5.41) is 11.0. The lowest BCUT2D eigenvalue weighted by molar-refractivity contribution is -0.127. The van der Waals surface area contributed by atoms with Gasteiger partial charge in [-0.05, 0) is 90.9 Å². The quantitative estimate of drug-likeness (QED) is 0.107. The molecule has 272 valence electrons. The number of ketones is 1. The van der Waals surface area contributed by atoms with Crippen molar-refractivity contribution >= 4 is 52.4 Å². The van der Waals surface area contributed by atoms with Crippen molar-refractivity contribution in [1.29, 1.82) is 0 Å². The fraction of sp³-hybridized carbons (Fsp3) is 0.196. The second-order valence-corrected chi connectivity index (χ2v) is 15.3. The number of fused-ring (bicyclic) bond motifs is 4. The van der Waals surface area contributed by atoms with E-state index in [4.69, 9.17) is 11.6 Å². The van der Waals surface area contributed by atoms with Crippen molar-refractivity contribution in [2.45, 2.75) is 31.1 Å². The molecule has 55 heavy (non-hydrogen) atoms. The third-order valence-corrected chi connectivity index (χ3v) is 12.4. The van der Waals surface area contributed by atoms with E-state index < -0.39 is 46.8 Å². The van der Waals surface area contributed by atoms with Gasteiger partial charge >= 0.3 is 0 Å². The van der Waals surface area contributed by atoms with Gasteiger partial charge < -0.3 is 5.11 Å². The van der Waals surface area contributed by atoms with Crippen LogP contribution in [-0.2, 0) is 24.6 Å². The summed E-state index contributed by atoms with van der Waals surface area (Å²) in [7, 11) is 0. The minimum Gasteiger partial charge on any atom is -0.508 e. The maximum atomic E-state index is 15.4. The van der Waals surface area contributed by atoms with Gasteiger partial charge in [0.1, 0.15) is 5.75 Å². The smallest absolute Gasteiger partial charge is 0.246 e. The van der Waals surface area contributed by atoms with E-state index in [0.29, 0.717) is 38.7 Å². The Kier molecular flexibility index (Phi) is 8.20. The monoisotopic (exact) mass is 746 g/mol. The molecular formula is C46H35ClN2O6. The maximum absolute atomic E-state index is 15.4. The third-order valence-electron chi connectivity index (χ3n) is 12.1. The molecule has 0 aromatic heterocycles. The van der Waals surface area contributed by atoms with Crippen LogP contribution in [0.1, 0.15) is 51.4 Å². The Morgan fingerprint density at radius 1 is 0.709 bits per heavy atom. The number of carbonyl (C=O) groups is 5. The number of hydrogen-bond acceptors (Lipinski definition) is 6. The zero-order chi connectivity index (χ0) is 38.2. The van der Waals surface area contributed by atoms with Crippen LogP contribution in [0.25, 0.3) is 0 Å². The van der Waals surface area contributed by atoms with Gasteiger partial charge in [0.25, 0.3) is 0 Å².